The summed E-state index contributed by atoms with van der Waals surface area (Å²) in [5, 5.41) is 0. The lowest BCUT2D eigenvalue weighted by Crippen LogP contribution is -2.44. The van der Waals surface area contributed by atoms with E-state index in [9.17, 15) is 13.2 Å². The minimum atomic E-state index is -4.30. The lowest BCUT2D eigenvalue weighted by molar-refractivity contribution is -0.137. The van der Waals surface area contributed by atoms with E-state index in [0.29, 0.717) is 5.92 Å². The molecule has 0 saturated carbocycles. The zero-order chi connectivity index (χ0) is 21.7. The van der Waals surface area contributed by atoms with Crippen molar-refractivity contribution in [2.24, 2.45) is 5.92 Å². The highest BCUT2D eigenvalue weighted by molar-refractivity contribution is 5.85. The van der Waals surface area contributed by atoms with Gasteiger partial charge in [-0.3, -0.25) is 4.90 Å². The van der Waals surface area contributed by atoms with Crippen molar-refractivity contribution in [3.63, 3.8) is 0 Å². The molecule has 0 radical (unpaired) electrons. The summed E-state index contributed by atoms with van der Waals surface area (Å²) in [6, 6.07) is 16.0. The van der Waals surface area contributed by atoms with Crippen molar-refractivity contribution in [1.29, 1.82) is 0 Å². The van der Waals surface area contributed by atoms with Crippen molar-refractivity contribution in [3.05, 3.63) is 71.3 Å². The predicted octanol–water partition coefficient (Wildman–Crippen LogP) is 5.73. The summed E-state index contributed by atoms with van der Waals surface area (Å²) in [6.07, 6.45) is -2.18. The van der Waals surface area contributed by atoms with Gasteiger partial charge in [0.25, 0.3) is 0 Å². The van der Waals surface area contributed by atoms with E-state index < -0.39 is 11.7 Å². The molecule has 0 aliphatic carbocycles. The first-order chi connectivity index (χ1) is 15.0. The lowest BCUT2D eigenvalue weighted by Gasteiger charge is -2.38. The average Bonchev–Trinajstić information content (AvgIpc) is 2.80. The Balaban J connectivity index is 0.00000193. The molecule has 8 heteroatoms. The molecule has 0 spiro atoms. The summed E-state index contributed by atoms with van der Waals surface area (Å²) in [5.41, 5.74) is 1.58. The lowest BCUT2D eigenvalue weighted by atomic mass is 9.76. The van der Waals surface area contributed by atoms with Gasteiger partial charge in [0.15, 0.2) is 0 Å². The van der Waals surface area contributed by atoms with Crippen LogP contribution >= 0.6 is 24.8 Å². The van der Waals surface area contributed by atoms with Crippen molar-refractivity contribution in [3.8, 4) is 0 Å². The van der Waals surface area contributed by atoms with Crippen LogP contribution in [0.5, 0.6) is 0 Å². The van der Waals surface area contributed by atoms with Gasteiger partial charge in [-0.25, -0.2) is 0 Å². The maximum absolute atomic E-state index is 13.0. The molecule has 2 aromatic carbocycles. The zero-order valence-corrected chi connectivity index (χ0v) is 20.3. The van der Waals surface area contributed by atoms with Gasteiger partial charge in [-0.15, -0.1) is 24.8 Å². The van der Waals surface area contributed by atoms with E-state index in [1.807, 2.05) is 18.2 Å². The smallest absolute Gasteiger partial charge is 0.379 e. The summed E-state index contributed by atoms with van der Waals surface area (Å²) in [7, 11) is 0. The number of piperidine rings is 1. The highest BCUT2D eigenvalue weighted by atomic mass is 35.5. The van der Waals surface area contributed by atoms with Crippen LogP contribution in [0, 0.1) is 5.92 Å². The number of hydrogen-bond donors (Lipinski definition) is 0. The maximum atomic E-state index is 13.0. The van der Waals surface area contributed by atoms with Gasteiger partial charge in [-0.05, 0) is 55.1 Å². The average molecular weight is 505 g/mol. The van der Waals surface area contributed by atoms with Crippen LogP contribution in [0.15, 0.2) is 54.6 Å². The van der Waals surface area contributed by atoms with Crippen molar-refractivity contribution in [2.45, 2.75) is 24.9 Å². The summed E-state index contributed by atoms with van der Waals surface area (Å²) < 4.78 is 44.5. The molecule has 2 fully saturated rings. The van der Waals surface area contributed by atoms with Crippen molar-refractivity contribution >= 4 is 24.8 Å². The number of likely N-dealkylation sites (tertiary alicyclic amines) is 1. The Labute approximate surface area is 207 Å². The third-order valence-corrected chi connectivity index (χ3v) is 6.70. The van der Waals surface area contributed by atoms with Crippen LogP contribution in [0.3, 0.4) is 0 Å². The standard InChI is InChI=1S/C25H31F3N2O.2ClH/c26-25(27,28)23-8-6-21(7-9-23)24(20-4-2-1-3-5-20)22-10-12-29(13-11-22)14-15-30-16-18-31-19-17-30;;/h1-9,22,24H,10-19H2;2*1H. The molecule has 0 N–H and O–H groups in total. The van der Waals surface area contributed by atoms with Crippen molar-refractivity contribution < 1.29 is 17.9 Å². The SMILES string of the molecule is Cl.Cl.FC(F)(F)c1ccc(C(c2ccccc2)C2CCN(CCN3CCOCC3)CC2)cc1. The molecule has 3 nitrogen and oxygen atoms in total. The van der Waals surface area contributed by atoms with Crippen LogP contribution in [0.2, 0.25) is 0 Å². The summed E-state index contributed by atoms with van der Waals surface area (Å²) >= 11 is 0. The third-order valence-electron chi connectivity index (χ3n) is 6.70. The number of ether oxygens (including phenoxy) is 1. The first-order valence-corrected chi connectivity index (χ1v) is 11.3. The van der Waals surface area contributed by atoms with Gasteiger partial charge in [-0.1, -0.05) is 42.5 Å². The Morgan fingerprint density at radius 1 is 0.758 bits per heavy atom. The Hall–Kier alpha value is -1.31. The fourth-order valence-electron chi connectivity index (χ4n) is 4.89. The highest BCUT2D eigenvalue weighted by Gasteiger charge is 2.32. The molecule has 2 aromatic rings. The minimum Gasteiger partial charge on any atom is -0.379 e. The molecule has 184 valence electrons. The third kappa shape index (κ3) is 7.59. The van der Waals surface area contributed by atoms with E-state index in [-0.39, 0.29) is 30.7 Å². The van der Waals surface area contributed by atoms with Crippen LogP contribution in [-0.2, 0) is 10.9 Å². The van der Waals surface area contributed by atoms with Crippen molar-refractivity contribution in [2.75, 3.05) is 52.5 Å². The molecule has 1 unspecified atom stereocenters. The number of hydrogen-bond acceptors (Lipinski definition) is 3. The number of morpholine rings is 1. The number of rotatable bonds is 6. The first-order valence-electron chi connectivity index (χ1n) is 11.3. The van der Waals surface area contributed by atoms with E-state index >= 15 is 0 Å². The fraction of sp³-hybridized carbons (Fsp3) is 0.520. The zero-order valence-electron chi connectivity index (χ0n) is 18.7. The molecule has 33 heavy (non-hydrogen) atoms. The van der Waals surface area contributed by atoms with Gasteiger partial charge < -0.3 is 9.64 Å². The number of halogens is 5. The maximum Gasteiger partial charge on any atom is 0.416 e. The van der Waals surface area contributed by atoms with Crippen LogP contribution in [0.1, 0.15) is 35.4 Å². The van der Waals surface area contributed by atoms with Gasteiger partial charge in [0, 0.05) is 32.1 Å². The topological polar surface area (TPSA) is 15.7 Å². The molecule has 0 bridgehead atoms. The largest absolute Gasteiger partial charge is 0.416 e. The molecule has 2 heterocycles. The summed E-state index contributed by atoms with van der Waals surface area (Å²) in [4.78, 5) is 4.99. The minimum absolute atomic E-state index is 0. The van der Waals surface area contributed by atoms with Gasteiger partial charge in [0.05, 0.1) is 18.8 Å². The molecular weight excluding hydrogens is 472 g/mol. The number of alkyl halides is 3. The van der Waals surface area contributed by atoms with Gasteiger partial charge >= 0.3 is 6.18 Å². The van der Waals surface area contributed by atoms with E-state index in [4.69, 9.17) is 4.74 Å². The summed E-state index contributed by atoms with van der Waals surface area (Å²) in [5.74, 6) is 0.559. The van der Waals surface area contributed by atoms with Crippen LogP contribution in [0.4, 0.5) is 13.2 Å². The van der Waals surface area contributed by atoms with Crippen LogP contribution in [-0.4, -0.2) is 62.3 Å². The van der Waals surface area contributed by atoms with E-state index in [0.717, 1.165) is 70.9 Å². The molecule has 2 aliphatic rings. The highest BCUT2D eigenvalue weighted by Crippen LogP contribution is 2.39. The fourth-order valence-corrected chi connectivity index (χ4v) is 4.89. The molecular formula is C25H33Cl2F3N2O. The Morgan fingerprint density at radius 3 is 1.82 bits per heavy atom. The summed E-state index contributed by atoms with van der Waals surface area (Å²) in [6.45, 7) is 7.92. The monoisotopic (exact) mass is 504 g/mol. The molecule has 2 saturated heterocycles. The molecule has 0 aromatic heterocycles. The van der Waals surface area contributed by atoms with E-state index in [1.165, 1.54) is 17.7 Å². The Morgan fingerprint density at radius 2 is 1.27 bits per heavy atom. The normalized spacial score (nSPS) is 19.4. The second kappa shape index (κ2) is 13.0. The van der Waals surface area contributed by atoms with Crippen LogP contribution < -0.4 is 0 Å². The van der Waals surface area contributed by atoms with Gasteiger partial charge in [-0.2, -0.15) is 13.2 Å². The Bertz CT molecular complexity index is 807. The van der Waals surface area contributed by atoms with Gasteiger partial charge in [0.2, 0.25) is 0 Å². The molecule has 1 atom stereocenters. The number of nitrogens with zero attached hydrogens (tertiary/aromatic N) is 2. The van der Waals surface area contributed by atoms with E-state index in [2.05, 4.69) is 21.9 Å². The van der Waals surface area contributed by atoms with Crippen LogP contribution in [0.25, 0.3) is 0 Å². The van der Waals surface area contributed by atoms with Gasteiger partial charge in [0.1, 0.15) is 0 Å². The van der Waals surface area contributed by atoms with E-state index in [1.54, 1.807) is 12.1 Å². The Kier molecular flexibility index (Phi) is 11.0. The van der Waals surface area contributed by atoms with Crippen molar-refractivity contribution in [1.82, 2.24) is 9.80 Å². The first kappa shape index (κ1) is 27.9. The predicted molar refractivity (Wildman–Crippen MR) is 131 cm³/mol. The number of benzene rings is 2. The quantitative estimate of drug-likeness (QED) is 0.499. The molecule has 4 rings (SSSR count). The second-order valence-corrected chi connectivity index (χ2v) is 8.64. The second-order valence-electron chi connectivity index (χ2n) is 8.64. The molecule has 0 amide bonds. The molecule has 2 aliphatic heterocycles.